The Morgan fingerprint density at radius 1 is 1.05 bits per heavy atom. The number of anilines is 1. The fraction of sp³-hybridized carbons (Fsp3) is 0.176. The van der Waals surface area contributed by atoms with Crippen molar-refractivity contribution in [1.82, 2.24) is 14.8 Å². The van der Waals surface area contributed by atoms with E-state index in [0.717, 1.165) is 17.8 Å². The molecule has 1 aromatic heterocycles. The highest BCUT2D eigenvalue weighted by atomic mass is 15.3. The first kappa shape index (κ1) is 13.4. The zero-order valence-electron chi connectivity index (χ0n) is 12.2. The average molecular weight is 278 g/mol. The van der Waals surface area contributed by atoms with Crippen LogP contribution in [-0.2, 0) is 6.54 Å². The van der Waals surface area contributed by atoms with Crippen molar-refractivity contribution in [3.05, 3.63) is 65.5 Å². The van der Waals surface area contributed by atoms with E-state index in [-0.39, 0.29) is 0 Å². The monoisotopic (exact) mass is 278 g/mol. The highest BCUT2D eigenvalue weighted by Crippen LogP contribution is 2.18. The van der Waals surface area contributed by atoms with Crippen LogP contribution in [0.4, 0.5) is 5.69 Å². The van der Waals surface area contributed by atoms with E-state index in [1.54, 1.807) is 6.33 Å². The van der Waals surface area contributed by atoms with Gasteiger partial charge in [-0.25, -0.2) is 9.67 Å². The molecule has 21 heavy (non-hydrogen) atoms. The van der Waals surface area contributed by atoms with Gasteiger partial charge < -0.3 is 5.73 Å². The van der Waals surface area contributed by atoms with Gasteiger partial charge in [-0.2, -0.15) is 5.10 Å². The summed E-state index contributed by atoms with van der Waals surface area (Å²) in [5.41, 5.74) is 11.3. The standard InChI is InChI=1S/C17H18N4/c1-12-5-3-6-13(2)16(12)10-21-11-19-17(20-21)14-7-4-8-15(18)9-14/h3-9,11H,10,18H2,1-2H3. The zero-order valence-corrected chi connectivity index (χ0v) is 12.2. The topological polar surface area (TPSA) is 56.7 Å². The van der Waals surface area contributed by atoms with Crippen molar-refractivity contribution in [2.75, 3.05) is 5.73 Å². The molecule has 0 aliphatic rings. The molecule has 1 heterocycles. The number of nitrogens with two attached hydrogens (primary N) is 1. The molecule has 0 unspecified atom stereocenters. The van der Waals surface area contributed by atoms with Crippen LogP contribution in [0.25, 0.3) is 11.4 Å². The van der Waals surface area contributed by atoms with Crippen LogP contribution in [0, 0.1) is 13.8 Å². The molecule has 0 amide bonds. The van der Waals surface area contributed by atoms with Crippen LogP contribution >= 0.6 is 0 Å². The minimum atomic E-state index is 0.702. The van der Waals surface area contributed by atoms with E-state index in [1.165, 1.54) is 16.7 Å². The fourth-order valence-corrected chi connectivity index (χ4v) is 2.44. The summed E-state index contributed by atoms with van der Waals surface area (Å²) in [6.07, 6.45) is 1.77. The number of hydrogen-bond donors (Lipinski definition) is 1. The van der Waals surface area contributed by atoms with Crippen molar-refractivity contribution in [3.8, 4) is 11.4 Å². The molecule has 4 heteroatoms. The van der Waals surface area contributed by atoms with E-state index in [9.17, 15) is 0 Å². The summed E-state index contributed by atoms with van der Waals surface area (Å²) in [5, 5.41) is 4.55. The van der Waals surface area contributed by atoms with E-state index in [0.29, 0.717) is 5.82 Å². The number of hydrogen-bond acceptors (Lipinski definition) is 3. The maximum absolute atomic E-state index is 5.80. The molecular formula is C17H18N4. The van der Waals surface area contributed by atoms with Crippen molar-refractivity contribution in [3.63, 3.8) is 0 Å². The van der Waals surface area contributed by atoms with Gasteiger partial charge in [0.1, 0.15) is 6.33 Å². The Bertz CT molecular complexity index is 754. The molecule has 4 nitrogen and oxygen atoms in total. The largest absolute Gasteiger partial charge is 0.399 e. The van der Waals surface area contributed by atoms with Crippen LogP contribution in [0.1, 0.15) is 16.7 Å². The molecule has 3 aromatic rings. The maximum Gasteiger partial charge on any atom is 0.181 e. The molecule has 0 aliphatic carbocycles. The van der Waals surface area contributed by atoms with Gasteiger partial charge in [0.15, 0.2) is 5.82 Å². The van der Waals surface area contributed by atoms with Gasteiger partial charge in [0, 0.05) is 11.3 Å². The van der Waals surface area contributed by atoms with Gasteiger partial charge in [-0.05, 0) is 42.7 Å². The molecular weight excluding hydrogens is 260 g/mol. The maximum atomic E-state index is 5.80. The van der Waals surface area contributed by atoms with E-state index in [2.05, 4.69) is 42.1 Å². The predicted molar refractivity (Wildman–Crippen MR) is 84.9 cm³/mol. The summed E-state index contributed by atoms with van der Waals surface area (Å²) in [7, 11) is 0. The first-order valence-corrected chi connectivity index (χ1v) is 6.94. The lowest BCUT2D eigenvalue weighted by Crippen LogP contribution is -2.04. The van der Waals surface area contributed by atoms with Gasteiger partial charge in [0.25, 0.3) is 0 Å². The van der Waals surface area contributed by atoms with Gasteiger partial charge >= 0.3 is 0 Å². The highest BCUT2D eigenvalue weighted by Gasteiger charge is 2.07. The van der Waals surface area contributed by atoms with Gasteiger partial charge in [0.2, 0.25) is 0 Å². The Labute approximate surface area is 124 Å². The fourth-order valence-electron chi connectivity index (χ4n) is 2.44. The molecule has 2 aromatic carbocycles. The van der Waals surface area contributed by atoms with E-state index >= 15 is 0 Å². The second kappa shape index (κ2) is 5.40. The summed E-state index contributed by atoms with van der Waals surface area (Å²) in [6.45, 7) is 4.98. The lowest BCUT2D eigenvalue weighted by atomic mass is 10.0. The molecule has 0 spiro atoms. The third-order valence-electron chi connectivity index (χ3n) is 3.65. The minimum Gasteiger partial charge on any atom is -0.399 e. The number of aromatic nitrogens is 3. The molecule has 0 aliphatic heterocycles. The molecule has 0 atom stereocenters. The van der Waals surface area contributed by atoms with Crippen molar-refractivity contribution in [2.24, 2.45) is 0 Å². The van der Waals surface area contributed by atoms with Crippen molar-refractivity contribution < 1.29 is 0 Å². The lowest BCUT2D eigenvalue weighted by molar-refractivity contribution is 0.681. The molecule has 0 bridgehead atoms. The van der Waals surface area contributed by atoms with Crippen LogP contribution in [0.2, 0.25) is 0 Å². The number of aryl methyl sites for hydroxylation is 2. The van der Waals surface area contributed by atoms with Crippen LogP contribution in [-0.4, -0.2) is 14.8 Å². The smallest absolute Gasteiger partial charge is 0.181 e. The lowest BCUT2D eigenvalue weighted by Gasteiger charge is -2.09. The first-order chi connectivity index (χ1) is 10.1. The summed E-state index contributed by atoms with van der Waals surface area (Å²) < 4.78 is 1.87. The third-order valence-corrected chi connectivity index (χ3v) is 3.65. The quantitative estimate of drug-likeness (QED) is 0.748. The van der Waals surface area contributed by atoms with Crippen LogP contribution in [0.5, 0.6) is 0 Å². The van der Waals surface area contributed by atoms with Crippen LogP contribution in [0.3, 0.4) is 0 Å². The van der Waals surface area contributed by atoms with Crippen LogP contribution < -0.4 is 5.73 Å². The molecule has 0 radical (unpaired) electrons. The van der Waals surface area contributed by atoms with Gasteiger partial charge in [-0.15, -0.1) is 0 Å². The predicted octanol–water partition coefficient (Wildman–Crippen LogP) is 3.19. The number of nitrogens with zero attached hydrogens (tertiary/aromatic N) is 3. The molecule has 2 N–H and O–H groups in total. The van der Waals surface area contributed by atoms with E-state index < -0.39 is 0 Å². The Hall–Kier alpha value is -2.62. The Kier molecular flexibility index (Phi) is 3.44. The molecule has 0 fully saturated rings. The summed E-state index contributed by atoms with van der Waals surface area (Å²) in [5.74, 6) is 0.702. The summed E-state index contributed by atoms with van der Waals surface area (Å²) in [6, 6.07) is 13.9. The summed E-state index contributed by atoms with van der Waals surface area (Å²) in [4.78, 5) is 4.38. The Morgan fingerprint density at radius 2 is 1.76 bits per heavy atom. The van der Waals surface area contributed by atoms with Crippen molar-refractivity contribution in [2.45, 2.75) is 20.4 Å². The minimum absolute atomic E-state index is 0.702. The molecule has 3 rings (SSSR count). The average Bonchev–Trinajstić information content (AvgIpc) is 2.92. The third kappa shape index (κ3) is 2.79. The number of rotatable bonds is 3. The first-order valence-electron chi connectivity index (χ1n) is 6.94. The van der Waals surface area contributed by atoms with E-state index in [4.69, 9.17) is 5.73 Å². The molecule has 0 saturated heterocycles. The second-order valence-corrected chi connectivity index (χ2v) is 5.26. The molecule has 106 valence electrons. The normalized spacial score (nSPS) is 10.8. The number of benzene rings is 2. The van der Waals surface area contributed by atoms with Crippen LogP contribution in [0.15, 0.2) is 48.8 Å². The van der Waals surface area contributed by atoms with Crippen molar-refractivity contribution >= 4 is 5.69 Å². The second-order valence-electron chi connectivity index (χ2n) is 5.26. The zero-order chi connectivity index (χ0) is 14.8. The summed E-state index contributed by atoms with van der Waals surface area (Å²) >= 11 is 0. The van der Waals surface area contributed by atoms with E-state index in [1.807, 2.05) is 28.9 Å². The van der Waals surface area contributed by atoms with Crippen molar-refractivity contribution in [1.29, 1.82) is 0 Å². The van der Waals surface area contributed by atoms with Gasteiger partial charge in [-0.3, -0.25) is 0 Å². The Morgan fingerprint density at radius 3 is 2.48 bits per heavy atom. The Balaban J connectivity index is 1.89. The molecule has 0 saturated carbocycles. The van der Waals surface area contributed by atoms with Gasteiger partial charge in [0.05, 0.1) is 6.54 Å². The van der Waals surface area contributed by atoms with Gasteiger partial charge in [-0.1, -0.05) is 30.3 Å². The SMILES string of the molecule is Cc1cccc(C)c1Cn1cnc(-c2cccc(N)c2)n1. The highest BCUT2D eigenvalue weighted by molar-refractivity contribution is 5.60. The number of nitrogen functional groups attached to an aromatic ring is 1.